The van der Waals surface area contributed by atoms with Crippen LogP contribution in [-0.4, -0.2) is 56.4 Å². The summed E-state index contributed by atoms with van der Waals surface area (Å²) in [4.78, 5) is 2.48. The Morgan fingerprint density at radius 1 is 1.12 bits per heavy atom. The molecule has 0 bridgehead atoms. The molecule has 2 aliphatic rings. The molecule has 0 aromatic rings. The van der Waals surface area contributed by atoms with Crippen LogP contribution in [0.5, 0.6) is 0 Å². The van der Waals surface area contributed by atoms with Crippen molar-refractivity contribution in [1.29, 1.82) is 0 Å². The van der Waals surface area contributed by atoms with Crippen molar-refractivity contribution in [2.24, 2.45) is 5.73 Å². The molecular formula is C12H25N3O. The van der Waals surface area contributed by atoms with Crippen LogP contribution in [0.1, 0.15) is 25.7 Å². The number of hydrogen-bond donors (Lipinski definition) is 2. The van der Waals surface area contributed by atoms with Crippen molar-refractivity contribution in [3.05, 3.63) is 0 Å². The fourth-order valence-corrected chi connectivity index (χ4v) is 2.57. The number of ether oxygens (including phenoxy) is 1. The number of morpholine rings is 1. The Hall–Kier alpha value is -0.160. The van der Waals surface area contributed by atoms with Gasteiger partial charge >= 0.3 is 0 Å². The number of nitrogens with two attached hydrogens (primary N) is 1. The van der Waals surface area contributed by atoms with Gasteiger partial charge in [-0.25, -0.2) is 0 Å². The van der Waals surface area contributed by atoms with E-state index in [-0.39, 0.29) is 0 Å². The molecule has 16 heavy (non-hydrogen) atoms. The zero-order chi connectivity index (χ0) is 11.2. The smallest absolute Gasteiger partial charge is 0.0594 e. The maximum absolute atomic E-state index is 5.89. The van der Waals surface area contributed by atoms with Crippen molar-refractivity contribution < 1.29 is 4.74 Å². The molecule has 1 saturated heterocycles. The maximum Gasteiger partial charge on any atom is 0.0594 e. The molecule has 0 spiro atoms. The van der Waals surface area contributed by atoms with E-state index in [1.165, 1.54) is 25.7 Å². The molecule has 94 valence electrons. The Kier molecular flexibility index (Phi) is 5.03. The lowest BCUT2D eigenvalue weighted by molar-refractivity contribution is 0.0379. The molecule has 2 fully saturated rings. The quantitative estimate of drug-likeness (QED) is 0.719. The first-order valence-corrected chi connectivity index (χ1v) is 6.63. The van der Waals surface area contributed by atoms with Crippen LogP contribution in [0.3, 0.4) is 0 Å². The zero-order valence-corrected chi connectivity index (χ0v) is 10.2. The van der Waals surface area contributed by atoms with E-state index in [2.05, 4.69) is 10.2 Å². The summed E-state index contributed by atoms with van der Waals surface area (Å²) in [6, 6.07) is 1.16. The van der Waals surface area contributed by atoms with Crippen molar-refractivity contribution in [2.45, 2.75) is 37.8 Å². The van der Waals surface area contributed by atoms with Crippen molar-refractivity contribution in [2.75, 3.05) is 39.4 Å². The SMILES string of the molecule is NC1CCC(NCCN2CCOCC2)CC1. The summed E-state index contributed by atoms with van der Waals surface area (Å²) in [5, 5.41) is 3.65. The molecular weight excluding hydrogens is 202 g/mol. The highest BCUT2D eigenvalue weighted by molar-refractivity contribution is 4.79. The molecule has 0 amide bonds. The third-order valence-corrected chi connectivity index (χ3v) is 3.74. The van der Waals surface area contributed by atoms with Crippen LogP contribution in [0, 0.1) is 0 Å². The highest BCUT2D eigenvalue weighted by Gasteiger charge is 2.18. The molecule has 1 aliphatic heterocycles. The minimum absolute atomic E-state index is 0.456. The van der Waals surface area contributed by atoms with E-state index >= 15 is 0 Å². The van der Waals surface area contributed by atoms with E-state index in [1.54, 1.807) is 0 Å². The summed E-state index contributed by atoms with van der Waals surface area (Å²) in [5.41, 5.74) is 5.89. The van der Waals surface area contributed by atoms with Crippen molar-refractivity contribution in [1.82, 2.24) is 10.2 Å². The summed E-state index contributed by atoms with van der Waals surface area (Å²) in [6.07, 6.45) is 4.89. The molecule has 1 aliphatic carbocycles. The van der Waals surface area contributed by atoms with Gasteiger partial charge in [-0.05, 0) is 25.7 Å². The average molecular weight is 227 g/mol. The topological polar surface area (TPSA) is 50.5 Å². The van der Waals surface area contributed by atoms with Gasteiger partial charge in [0.25, 0.3) is 0 Å². The molecule has 0 aromatic carbocycles. The Bertz CT molecular complexity index is 187. The highest BCUT2D eigenvalue weighted by atomic mass is 16.5. The molecule has 3 N–H and O–H groups in total. The van der Waals surface area contributed by atoms with Gasteiger partial charge in [-0.3, -0.25) is 4.90 Å². The number of nitrogens with one attached hydrogen (secondary N) is 1. The van der Waals surface area contributed by atoms with Crippen molar-refractivity contribution >= 4 is 0 Å². The van der Waals surface area contributed by atoms with Crippen LogP contribution in [0.15, 0.2) is 0 Å². The molecule has 1 saturated carbocycles. The van der Waals surface area contributed by atoms with Gasteiger partial charge in [0.1, 0.15) is 0 Å². The second-order valence-electron chi connectivity index (χ2n) is 5.02. The fourth-order valence-electron chi connectivity index (χ4n) is 2.57. The zero-order valence-electron chi connectivity index (χ0n) is 10.2. The largest absolute Gasteiger partial charge is 0.379 e. The lowest BCUT2D eigenvalue weighted by Crippen LogP contribution is -2.43. The van der Waals surface area contributed by atoms with Crippen LogP contribution in [0.25, 0.3) is 0 Å². The van der Waals surface area contributed by atoms with Gasteiger partial charge in [0.15, 0.2) is 0 Å². The number of rotatable bonds is 4. The van der Waals surface area contributed by atoms with Crippen LogP contribution in [0.4, 0.5) is 0 Å². The Labute approximate surface area is 98.5 Å². The van der Waals surface area contributed by atoms with E-state index in [0.717, 1.165) is 39.4 Å². The Balaban J connectivity index is 1.53. The van der Waals surface area contributed by atoms with Gasteiger partial charge in [-0.2, -0.15) is 0 Å². The molecule has 2 rings (SSSR count). The molecule has 0 atom stereocenters. The predicted octanol–water partition coefficient (Wildman–Crippen LogP) is 0.178. The summed E-state index contributed by atoms with van der Waals surface area (Å²) in [7, 11) is 0. The Morgan fingerprint density at radius 3 is 2.50 bits per heavy atom. The summed E-state index contributed by atoms with van der Waals surface area (Å²) in [6.45, 7) is 6.26. The average Bonchev–Trinajstić information content (AvgIpc) is 2.33. The van der Waals surface area contributed by atoms with Crippen molar-refractivity contribution in [3.8, 4) is 0 Å². The molecule has 1 heterocycles. The lowest BCUT2D eigenvalue weighted by atomic mass is 9.92. The van der Waals surface area contributed by atoms with Gasteiger partial charge in [0.05, 0.1) is 13.2 Å². The van der Waals surface area contributed by atoms with E-state index < -0.39 is 0 Å². The van der Waals surface area contributed by atoms with Crippen LogP contribution >= 0.6 is 0 Å². The lowest BCUT2D eigenvalue weighted by Gasteiger charge is -2.30. The van der Waals surface area contributed by atoms with Gasteiger partial charge in [-0.15, -0.1) is 0 Å². The fraction of sp³-hybridized carbons (Fsp3) is 1.00. The first-order chi connectivity index (χ1) is 7.84. The second-order valence-corrected chi connectivity index (χ2v) is 5.02. The minimum Gasteiger partial charge on any atom is -0.379 e. The van der Waals surface area contributed by atoms with E-state index in [4.69, 9.17) is 10.5 Å². The standard InChI is InChI=1S/C12H25N3O/c13-11-1-3-12(4-2-11)14-5-6-15-7-9-16-10-8-15/h11-12,14H,1-10,13H2. The van der Waals surface area contributed by atoms with Crippen molar-refractivity contribution in [3.63, 3.8) is 0 Å². The predicted molar refractivity (Wildman–Crippen MR) is 65.5 cm³/mol. The van der Waals surface area contributed by atoms with Gasteiger partial charge in [-0.1, -0.05) is 0 Å². The highest BCUT2D eigenvalue weighted by Crippen LogP contribution is 2.16. The molecule has 4 nitrogen and oxygen atoms in total. The summed E-state index contributed by atoms with van der Waals surface area (Å²) < 4.78 is 5.33. The van der Waals surface area contributed by atoms with Gasteiger partial charge in [0, 0.05) is 38.3 Å². The molecule has 0 radical (unpaired) electrons. The molecule has 0 aromatic heterocycles. The van der Waals surface area contributed by atoms with Gasteiger partial charge < -0.3 is 15.8 Å². The van der Waals surface area contributed by atoms with E-state index in [1.807, 2.05) is 0 Å². The third-order valence-electron chi connectivity index (χ3n) is 3.74. The molecule has 0 unspecified atom stereocenters. The van der Waals surface area contributed by atoms with Crippen LogP contribution in [-0.2, 0) is 4.74 Å². The third kappa shape index (κ3) is 4.01. The molecule has 4 heteroatoms. The first-order valence-electron chi connectivity index (χ1n) is 6.63. The summed E-state index contributed by atoms with van der Waals surface area (Å²) in [5.74, 6) is 0. The van der Waals surface area contributed by atoms with E-state index in [0.29, 0.717) is 12.1 Å². The number of nitrogens with zero attached hydrogens (tertiary/aromatic N) is 1. The first kappa shape index (κ1) is 12.3. The Morgan fingerprint density at radius 2 is 1.81 bits per heavy atom. The summed E-state index contributed by atoms with van der Waals surface area (Å²) >= 11 is 0. The second kappa shape index (κ2) is 6.55. The normalized spacial score (nSPS) is 32.8. The number of hydrogen-bond acceptors (Lipinski definition) is 4. The minimum atomic E-state index is 0.456. The monoisotopic (exact) mass is 227 g/mol. The van der Waals surface area contributed by atoms with Crippen LogP contribution in [0.2, 0.25) is 0 Å². The maximum atomic E-state index is 5.89. The van der Waals surface area contributed by atoms with E-state index in [9.17, 15) is 0 Å². The van der Waals surface area contributed by atoms with Crippen LogP contribution < -0.4 is 11.1 Å². The van der Waals surface area contributed by atoms with Gasteiger partial charge in [0.2, 0.25) is 0 Å².